The number of oxime groups is 1. The molecule has 6 N–H and O–H groups in total. The number of fused-ring (bicyclic) bond motifs is 2. The molecule has 0 aliphatic carbocycles. The molecule has 19 heteroatoms. The van der Waals surface area contributed by atoms with Crippen molar-refractivity contribution in [1.29, 1.82) is 0 Å². The molecule has 0 aromatic carbocycles. The van der Waals surface area contributed by atoms with E-state index in [1.54, 1.807) is 34.6 Å². The van der Waals surface area contributed by atoms with Gasteiger partial charge < -0.3 is 41.2 Å². The number of nitrogens with zero attached hydrogens (tertiary/aromatic N) is 6. The first-order valence-electron chi connectivity index (χ1n) is 12.1. The molecule has 1 unspecified atom stereocenters. The lowest BCUT2D eigenvalue weighted by Crippen LogP contribution is -2.71. The Morgan fingerprint density at radius 2 is 2.12 bits per heavy atom. The number of hydrogen-bond donors (Lipinski definition) is 4. The highest BCUT2D eigenvalue weighted by Gasteiger charge is 2.53. The monoisotopic (exact) mass is 635 g/mol. The Morgan fingerprint density at radius 3 is 2.76 bits per heavy atom. The molecule has 5 rings (SSSR count). The molecule has 3 aromatic rings. The summed E-state index contributed by atoms with van der Waals surface area (Å²) in [4.78, 5) is 63.9. The van der Waals surface area contributed by atoms with Crippen molar-refractivity contribution in [2.45, 2.75) is 31.0 Å². The summed E-state index contributed by atoms with van der Waals surface area (Å²) in [7, 11) is 1.77. The zero-order valence-electron chi connectivity index (χ0n) is 21.8. The van der Waals surface area contributed by atoms with Crippen LogP contribution >= 0.6 is 34.7 Å². The maximum absolute atomic E-state index is 13.2. The number of carbonyl (C=O) groups is 4. The van der Waals surface area contributed by atoms with Gasteiger partial charge in [-0.3, -0.25) is 14.5 Å². The Morgan fingerprint density at radius 1 is 1.38 bits per heavy atom. The summed E-state index contributed by atoms with van der Waals surface area (Å²) in [6, 6.07) is 0.648. The van der Waals surface area contributed by atoms with Crippen LogP contribution < -0.4 is 26.5 Å². The molecule has 2 aliphatic rings. The number of aryl methyl sites for hydroxylation is 1. The Balaban J connectivity index is 1.37. The average molecular weight is 636 g/mol. The summed E-state index contributed by atoms with van der Waals surface area (Å²) < 4.78 is 3.42. The minimum absolute atomic E-state index is 0.00955. The van der Waals surface area contributed by atoms with Gasteiger partial charge in [-0.2, -0.15) is 4.57 Å². The number of carbonyl (C=O) groups excluding carboxylic acids is 3. The molecule has 1 fully saturated rings. The number of rotatable bonds is 9. The van der Waals surface area contributed by atoms with Gasteiger partial charge in [0.05, 0.1) is 17.2 Å². The van der Waals surface area contributed by atoms with Gasteiger partial charge in [-0.25, -0.2) is 14.8 Å². The molecule has 5 heterocycles. The van der Waals surface area contributed by atoms with Crippen LogP contribution in [0.5, 0.6) is 0 Å². The van der Waals surface area contributed by atoms with Gasteiger partial charge >= 0.3 is 5.97 Å². The Kier molecular flexibility index (Phi) is 7.69. The molecule has 3 atom stereocenters. The number of amides is 2. The predicted molar refractivity (Wildman–Crippen MR) is 149 cm³/mol. The van der Waals surface area contributed by atoms with Crippen molar-refractivity contribution in [3.63, 3.8) is 0 Å². The van der Waals surface area contributed by atoms with Gasteiger partial charge in [0.2, 0.25) is 12.1 Å². The molecular weight excluding hydrogens is 614 g/mol. The number of halogens is 1. The normalized spacial score (nSPS) is 19.4. The number of carboxylic acid groups (broad SMARTS) is 2. The van der Waals surface area contributed by atoms with E-state index in [1.807, 2.05) is 0 Å². The fourth-order valence-corrected chi connectivity index (χ4v) is 6.63. The van der Waals surface area contributed by atoms with Gasteiger partial charge in [0.15, 0.2) is 35.3 Å². The van der Waals surface area contributed by atoms with E-state index in [1.165, 1.54) is 18.7 Å². The first-order valence-corrected chi connectivity index (χ1v) is 14.3. The molecule has 42 heavy (non-hydrogen) atoms. The zero-order valence-corrected chi connectivity index (χ0v) is 24.2. The second-order valence-corrected chi connectivity index (χ2v) is 12.0. The summed E-state index contributed by atoms with van der Waals surface area (Å²) >= 11 is 8.23. The first kappa shape index (κ1) is 29.1. The van der Waals surface area contributed by atoms with Crippen LogP contribution in [0.2, 0.25) is 4.34 Å². The van der Waals surface area contributed by atoms with Gasteiger partial charge in [-0.15, -0.1) is 11.8 Å². The molecule has 3 aromatic heterocycles. The lowest BCUT2D eigenvalue weighted by molar-refractivity contribution is -0.687. The molecule has 0 spiro atoms. The molecule has 16 nitrogen and oxygen atoms in total. The number of aliphatic carboxylic acids is 2. The van der Waals surface area contributed by atoms with Crippen LogP contribution in [0.3, 0.4) is 0 Å². The van der Waals surface area contributed by atoms with Crippen molar-refractivity contribution in [3.05, 3.63) is 39.8 Å². The van der Waals surface area contributed by atoms with Gasteiger partial charge in [0, 0.05) is 24.4 Å². The number of anilines is 2. The van der Waals surface area contributed by atoms with Crippen LogP contribution in [0.25, 0.3) is 11.0 Å². The Bertz CT molecular complexity index is 1720. The number of carboxylic acids is 2. The number of nitrogen functional groups attached to an aromatic ring is 2. The number of aromatic nitrogens is 4. The summed E-state index contributed by atoms with van der Waals surface area (Å²) in [5.74, 6) is -4.00. The number of nitrogens with one attached hydrogen (secondary N) is 1. The number of nitrogens with two attached hydrogens (primary N) is 2. The second kappa shape index (κ2) is 11.1. The zero-order chi connectivity index (χ0) is 30.5. The van der Waals surface area contributed by atoms with Crippen molar-refractivity contribution in [2.24, 2.45) is 12.2 Å². The van der Waals surface area contributed by atoms with Gasteiger partial charge in [-0.05, 0) is 6.92 Å². The molecule has 1 saturated heterocycles. The van der Waals surface area contributed by atoms with E-state index in [0.717, 1.165) is 21.8 Å². The number of β-lactam (4-membered cyclic amide) rings is 1. The van der Waals surface area contributed by atoms with Crippen LogP contribution in [0.4, 0.5) is 11.1 Å². The minimum Gasteiger partial charge on any atom is -0.543 e. The molecule has 2 aliphatic heterocycles. The molecule has 220 valence electrons. The minimum atomic E-state index is -1.54. The largest absolute Gasteiger partial charge is 0.543 e. The standard InChI is InChI=1S/C23H22ClN9O7S2/c1-8(20(36)37)40-30-13(12-16(24)42-23(26)29-12)17(34)28-14-18(35)33-15(21(38)39)9(7-41-19(14)33)5-32-4-3-11-10(6-32)27-22(25)31(11)2/h3-4,6,8,14,19H,5,7H2,1-2H3,(H6-,25,26,27,28,29,34,36,37,38,39)/b30-13-/t8-,14+,19?/m0/s1. The second-order valence-electron chi connectivity index (χ2n) is 9.22. The summed E-state index contributed by atoms with van der Waals surface area (Å²) in [5.41, 5.74) is 12.4. The van der Waals surface area contributed by atoms with E-state index in [9.17, 15) is 24.3 Å². The molecular formula is C23H22ClN9O7S2. The average Bonchev–Trinajstić information content (AvgIpc) is 3.42. The third-order valence-electron chi connectivity index (χ3n) is 6.51. The highest BCUT2D eigenvalue weighted by Crippen LogP contribution is 2.40. The molecule has 0 bridgehead atoms. The van der Waals surface area contributed by atoms with Crippen molar-refractivity contribution in [2.75, 3.05) is 17.2 Å². The van der Waals surface area contributed by atoms with Crippen molar-refractivity contribution in [3.8, 4) is 0 Å². The highest BCUT2D eigenvalue weighted by atomic mass is 35.5. The van der Waals surface area contributed by atoms with Crippen molar-refractivity contribution < 1.29 is 38.8 Å². The van der Waals surface area contributed by atoms with Gasteiger partial charge in [0.1, 0.15) is 21.4 Å². The maximum Gasteiger partial charge on any atom is 0.347 e. The van der Waals surface area contributed by atoms with E-state index in [-0.39, 0.29) is 33.2 Å². The van der Waals surface area contributed by atoms with Crippen LogP contribution in [-0.4, -0.2) is 77.3 Å². The van der Waals surface area contributed by atoms with E-state index in [0.29, 0.717) is 17.0 Å². The highest BCUT2D eigenvalue weighted by molar-refractivity contribution is 8.00. The van der Waals surface area contributed by atoms with Gasteiger partial charge in [0.25, 0.3) is 11.8 Å². The summed E-state index contributed by atoms with van der Waals surface area (Å²) in [5, 5.41) is 26.7. The topological polar surface area (TPSA) is 235 Å². The third-order valence-corrected chi connectivity index (χ3v) is 8.93. The van der Waals surface area contributed by atoms with Crippen LogP contribution in [0.15, 0.2) is 34.9 Å². The van der Waals surface area contributed by atoms with E-state index in [2.05, 4.69) is 20.4 Å². The summed E-state index contributed by atoms with van der Waals surface area (Å²) in [6.45, 7) is 1.33. The predicted octanol–water partition coefficient (Wildman–Crippen LogP) is -1.57. The smallest absolute Gasteiger partial charge is 0.347 e. The molecule has 0 radical (unpaired) electrons. The van der Waals surface area contributed by atoms with Crippen molar-refractivity contribution >= 4 is 86.3 Å². The number of pyridine rings is 1. The Hall–Kier alpha value is -4.42. The lowest BCUT2D eigenvalue weighted by Gasteiger charge is -2.50. The maximum atomic E-state index is 13.2. The van der Waals surface area contributed by atoms with Crippen molar-refractivity contribution in [1.82, 2.24) is 24.8 Å². The van der Waals surface area contributed by atoms with Crippen LogP contribution in [-0.2, 0) is 37.6 Å². The fourth-order valence-electron chi connectivity index (χ4n) is 4.36. The third kappa shape index (κ3) is 5.19. The SMILES string of the molecule is C[C@H](O/N=C(\C(=O)N[C@@H]1C(=O)N2C(C(=O)[O-])=C(C[n+]3ccc4c(c3)nc(N)n4C)CSC12)c1nc(N)sc1Cl)C(=O)O. The number of imidazole rings is 1. The fraction of sp³-hybridized carbons (Fsp3) is 0.304. The lowest BCUT2D eigenvalue weighted by atomic mass is 10.0. The molecule has 2 amide bonds. The van der Waals surface area contributed by atoms with Crippen LogP contribution in [0.1, 0.15) is 12.6 Å². The van der Waals surface area contributed by atoms with Crippen LogP contribution in [0, 0.1) is 0 Å². The molecule has 0 saturated carbocycles. The number of thiazole rings is 1. The van der Waals surface area contributed by atoms with Gasteiger partial charge in [-0.1, -0.05) is 28.1 Å². The number of thioether (sulfide) groups is 1. The Labute approximate surface area is 249 Å². The van der Waals surface area contributed by atoms with E-state index < -0.39 is 47.0 Å². The van der Waals surface area contributed by atoms with E-state index in [4.69, 9.17) is 33.0 Å². The quantitative estimate of drug-likeness (QED) is 0.0903. The number of hydrogen-bond acceptors (Lipinski definition) is 13. The summed E-state index contributed by atoms with van der Waals surface area (Å²) in [6.07, 6.45) is 2.04. The first-order chi connectivity index (χ1) is 19.9. The van der Waals surface area contributed by atoms with E-state index >= 15 is 0 Å².